The van der Waals surface area contributed by atoms with Crippen molar-refractivity contribution in [3.63, 3.8) is 0 Å². The van der Waals surface area contributed by atoms with Gasteiger partial charge in [-0.25, -0.2) is 0 Å². The number of nitrogens with zero attached hydrogens (tertiary/aromatic N) is 3. The van der Waals surface area contributed by atoms with Crippen LogP contribution in [0, 0.1) is 0 Å². The van der Waals surface area contributed by atoms with Gasteiger partial charge in [-0.3, -0.25) is 4.57 Å². The van der Waals surface area contributed by atoms with Crippen molar-refractivity contribution in [2.24, 2.45) is 0 Å². The largest absolute Gasteiger partial charge is 0.388 e. The highest BCUT2D eigenvalue weighted by molar-refractivity contribution is 6.42. The lowest BCUT2D eigenvalue weighted by atomic mass is 10.2. The summed E-state index contributed by atoms with van der Waals surface area (Å²) in [6.45, 7) is -0.205. The van der Waals surface area contributed by atoms with Gasteiger partial charge in [0.05, 0.1) is 10.0 Å². The van der Waals surface area contributed by atoms with E-state index in [1.165, 1.54) is 0 Å². The van der Waals surface area contributed by atoms with Gasteiger partial charge in [0.15, 0.2) is 11.6 Å². The van der Waals surface area contributed by atoms with E-state index >= 15 is 0 Å². The maximum atomic E-state index is 9.47. The van der Waals surface area contributed by atoms with Crippen LogP contribution in [-0.2, 0) is 6.61 Å². The van der Waals surface area contributed by atoms with Crippen molar-refractivity contribution in [2.45, 2.75) is 6.61 Å². The van der Waals surface area contributed by atoms with Crippen molar-refractivity contribution in [3.8, 4) is 17.1 Å². The van der Waals surface area contributed by atoms with E-state index in [1.807, 2.05) is 36.4 Å². The van der Waals surface area contributed by atoms with Crippen molar-refractivity contribution in [2.75, 3.05) is 0 Å². The molecule has 21 heavy (non-hydrogen) atoms. The Kier molecular flexibility index (Phi) is 3.92. The quantitative estimate of drug-likeness (QED) is 0.800. The van der Waals surface area contributed by atoms with Crippen LogP contribution in [0.15, 0.2) is 48.5 Å². The first-order valence-corrected chi connectivity index (χ1v) is 7.02. The van der Waals surface area contributed by atoms with Crippen molar-refractivity contribution in [3.05, 3.63) is 64.4 Å². The van der Waals surface area contributed by atoms with Gasteiger partial charge in [0.25, 0.3) is 0 Å². The molecular formula is C15H11Cl2N3O. The Balaban J connectivity index is 2.20. The van der Waals surface area contributed by atoms with E-state index < -0.39 is 0 Å². The van der Waals surface area contributed by atoms with Crippen LogP contribution in [0.1, 0.15) is 5.82 Å². The Bertz CT molecular complexity index is 772. The van der Waals surface area contributed by atoms with E-state index in [9.17, 15) is 5.11 Å². The zero-order valence-electron chi connectivity index (χ0n) is 10.9. The van der Waals surface area contributed by atoms with Gasteiger partial charge < -0.3 is 5.11 Å². The van der Waals surface area contributed by atoms with Gasteiger partial charge in [0.2, 0.25) is 0 Å². The first-order valence-electron chi connectivity index (χ1n) is 6.26. The van der Waals surface area contributed by atoms with Crippen LogP contribution in [0.3, 0.4) is 0 Å². The van der Waals surface area contributed by atoms with E-state index in [0.717, 1.165) is 11.3 Å². The number of aliphatic hydroxyl groups is 1. The number of aromatic nitrogens is 3. The molecule has 0 amide bonds. The zero-order valence-corrected chi connectivity index (χ0v) is 12.4. The zero-order chi connectivity index (χ0) is 14.8. The fraction of sp³-hybridized carbons (Fsp3) is 0.0667. The molecule has 0 aliphatic heterocycles. The summed E-state index contributed by atoms with van der Waals surface area (Å²) in [6.07, 6.45) is 0. The number of hydrogen-bond acceptors (Lipinski definition) is 3. The van der Waals surface area contributed by atoms with Gasteiger partial charge in [-0.2, -0.15) is 0 Å². The second-order valence-corrected chi connectivity index (χ2v) is 5.21. The number of hydrogen-bond donors (Lipinski definition) is 1. The molecule has 2 aromatic carbocycles. The second-order valence-electron chi connectivity index (χ2n) is 4.40. The maximum Gasteiger partial charge on any atom is 0.168 e. The molecule has 0 aliphatic rings. The average Bonchev–Trinajstić information content (AvgIpc) is 2.95. The normalized spacial score (nSPS) is 10.8. The summed E-state index contributed by atoms with van der Waals surface area (Å²) in [4.78, 5) is 0. The predicted molar refractivity (Wildman–Crippen MR) is 82.7 cm³/mol. The van der Waals surface area contributed by atoms with E-state index in [1.54, 1.807) is 16.7 Å². The van der Waals surface area contributed by atoms with Crippen molar-refractivity contribution >= 4 is 23.2 Å². The summed E-state index contributed by atoms with van der Waals surface area (Å²) in [5.41, 5.74) is 1.65. The molecule has 1 heterocycles. The molecule has 4 nitrogen and oxygen atoms in total. The molecule has 1 N–H and O–H groups in total. The third-order valence-corrected chi connectivity index (χ3v) is 3.80. The Morgan fingerprint density at radius 2 is 1.71 bits per heavy atom. The van der Waals surface area contributed by atoms with Crippen LogP contribution in [0.2, 0.25) is 10.0 Å². The van der Waals surface area contributed by atoms with Crippen LogP contribution in [0.25, 0.3) is 17.1 Å². The lowest BCUT2D eigenvalue weighted by Gasteiger charge is -2.09. The summed E-state index contributed by atoms with van der Waals surface area (Å²) in [5, 5.41) is 18.6. The first-order chi connectivity index (χ1) is 10.2. The topological polar surface area (TPSA) is 50.9 Å². The van der Waals surface area contributed by atoms with Gasteiger partial charge in [-0.1, -0.05) is 41.4 Å². The van der Waals surface area contributed by atoms with Crippen molar-refractivity contribution in [1.29, 1.82) is 0 Å². The molecule has 0 bridgehead atoms. The van der Waals surface area contributed by atoms with E-state index in [-0.39, 0.29) is 6.61 Å². The smallest absolute Gasteiger partial charge is 0.168 e. The van der Waals surface area contributed by atoms with Gasteiger partial charge in [0, 0.05) is 11.3 Å². The second kappa shape index (κ2) is 5.85. The van der Waals surface area contributed by atoms with E-state index in [2.05, 4.69) is 10.2 Å². The molecule has 0 radical (unpaired) electrons. The number of para-hydroxylation sites is 1. The molecule has 1 aromatic heterocycles. The molecule has 106 valence electrons. The summed E-state index contributed by atoms with van der Waals surface area (Å²) in [6, 6.07) is 14.8. The minimum Gasteiger partial charge on any atom is -0.388 e. The highest BCUT2D eigenvalue weighted by atomic mass is 35.5. The molecule has 0 saturated carbocycles. The van der Waals surface area contributed by atoms with Crippen LogP contribution >= 0.6 is 23.2 Å². The first kappa shape index (κ1) is 14.1. The molecule has 0 spiro atoms. The number of halogens is 2. The summed E-state index contributed by atoms with van der Waals surface area (Å²) in [7, 11) is 0. The molecule has 0 aliphatic carbocycles. The minimum absolute atomic E-state index is 0.205. The maximum absolute atomic E-state index is 9.47. The monoisotopic (exact) mass is 319 g/mol. The van der Waals surface area contributed by atoms with E-state index in [0.29, 0.717) is 21.7 Å². The molecule has 0 atom stereocenters. The number of rotatable bonds is 3. The predicted octanol–water partition coefficient (Wildman–Crippen LogP) is 3.73. The third kappa shape index (κ3) is 2.65. The highest BCUT2D eigenvalue weighted by Crippen LogP contribution is 2.29. The van der Waals surface area contributed by atoms with Crippen molar-refractivity contribution in [1.82, 2.24) is 14.8 Å². The minimum atomic E-state index is -0.205. The molecule has 0 unspecified atom stereocenters. The lowest BCUT2D eigenvalue weighted by molar-refractivity contribution is 0.269. The molecule has 6 heteroatoms. The Morgan fingerprint density at radius 3 is 2.38 bits per heavy atom. The number of aliphatic hydroxyl groups excluding tert-OH is 1. The van der Waals surface area contributed by atoms with Crippen LogP contribution in [0.5, 0.6) is 0 Å². The van der Waals surface area contributed by atoms with Crippen LogP contribution < -0.4 is 0 Å². The number of benzene rings is 2. The highest BCUT2D eigenvalue weighted by Gasteiger charge is 2.15. The molecule has 0 saturated heterocycles. The standard InChI is InChI=1S/C15H11Cl2N3O/c16-12-7-6-10(8-13(12)17)15-19-18-14(9-21)20(15)11-4-2-1-3-5-11/h1-8,21H,9H2. The van der Waals surface area contributed by atoms with Crippen LogP contribution in [-0.4, -0.2) is 19.9 Å². The Morgan fingerprint density at radius 1 is 0.952 bits per heavy atom. The van der Waals surface area contributed by atoms with Crippen molar-refractivity contribution < 1.29 is 5.11 Å². The molecule has 3 rings (SSSR count). The SMILES string of the molecule is OCc1nnc(-c2ccc(Cl)c(Cl)c2)n1-c1ccccc1. The van der Waals surface area contributed by atoms with Gasteiger partial charge >= 0.3 is 0 Å². The summed E-state index contributed by atoms with van der Waals surface area (Å²) < 4.78 is 1.79. The third-order valence-electron chi connectivity index (χ3n) is 3.06. The van der Waals surface area contributed by atoms with Gasteiger partial charge in [-0.05, 0) is 30.3 Å². The van der Waals surface area contributed by atoms with Gasteiger partial charge in [-0.15, -0.1) is 10.2 Å². The fourth-order valence-corrected chi connectivity index (χ4v) is 2.39. The Hall–Kier alpha value is -1.88. The van der Waals surface area contributed by atoms with Gasteiger partial charge in [0.1, 0.15) is 6.61 Å². The average molecular weight is 320 g/mol. The van der Waals surface area contributed by atoms with E-state index in [4.69, 9.17) is 23.2 Å². The Labute approximate surface area is 131 Å². The summed E-state index contributed by atoms with van der Waals surface area (Å²) >= 11 is 12.0. The molecule has 3 aromatic rings. The molecule has 0 fully saturated rings. The molecular weight excluding hydrogens is 309 g/mol. The summed E-state index contributed by atoms with van der Waals surface area (Å²) in [5.74, 6) is 1.06. The lowest BCUT2D eigenvalue weighted by Crippen LogP contribution is -2.03. The van der Waals surface area contributed by atoms with Crippen LogP contribution in [0.4, 0.5) is 0 Å². The fourth-order valence-electron chi connectivity index (χ4n) is 2.09.